The first-order chi connectivity index (χ1) is 7.56. The van der Waals surface area contributed by atoms with Crippen molar-refractivity contribution >= 4 is 5.97 Å². The molecule has 5 nitrogen and oxygen atoms in total. The van der Waals surface area contributed by atoms with Gasteiger partial charge in [0.05, 0.1) is 12.5 Å². The Bertz CT molecular complexity index is 338. The molecule has 0 aliphatic rings. The van der Waals surface area contributed by atoms with Gasteiger partial charge in [0.15, 0.2) is 0 Å². The molecule has 0 saturated heterocycles. The molecule has 0 bridgehead atoms. The van der Waals surface area contributed by atoms with Crippen LogP contribution in [0, 0.1) is 5.41 Å². The zero-order valence-corrected chi connectivity index (χ0v) is 9.86. The van der Waals surface area contributed by atoms with Crippen LogP contribution in [0.1, 0.15) is 19.4 Å². The fraction of sp³-hybridized carbons (Fsp3) is 0.545. The number of ether oxygens (including phenoxy) is 1. The Morgan fingerprint density at radius 1 is 1.44 bits per heavy atom. The van der Waals surface area contributed by atoms with Crippen molar-refractivity contribution in [3.63, 3.8) is 0 Å². The third-order valence-corrected chi connectivity index (χ3v) is 2.25. The zero-order chi connectivity index (χ0) is 12.0. The monoisotopic (exact) mass is 223 g/mol. The lowest BCUT2D eigenvalue weighted by atomic mass is 9.94. The summed E-state index contributed by atoms with van der Waals surface area (Å²) >= 11 is 0. The normalized spacial score (nSPS) is 11.2. The van der Waals surface area contributed by atoms with Gasteiger partial charge in [-0.1, -0.05) is 0 Å². The Balaban J connectivity index is 2.38. The van der Waals surface area contributed by atoms with Crippen molar-refractivity contribution in [1.82, 2.24) is 15.3 Å². The number of hydrogen-bond acceptors (Lipinski definition) is 5. The molecule has 0 spiro atoms. The van der Waals surface area contributed by atoms with E-state index in [1.165, 1.54) is 13.4 Å². The summed E-state index contributed by atoms with van der Waals surface area (Å²) in [6.45, 7) is 4.87. The highest BCUT2D eigenvalue weighted by Crippen LogP contribution is 2.15. The van der Waals surface area contributed by atoms with Gasteiger partial charge in [-0.3, -0.25) is 4.79 Å². The predicted molar refractivity (Wildman–Crippen MR) is 59.5 cm³/mol. The molecular formula is C11H17N3O2. The number of nitrogens with zero attached hydrogens (tertiary/aromatic N) is 2. The number of esters is 1. The second kappa shape index (κ2) is 5.55. The molecule has 0 fully saturated rings. The summed E-state index contributed by atoms with van der Waals surface area (Å²) in [5, 5.41) is 3.18. The van der Waals surface area contributed by atoms with E-state index in [0.29, 0.717) is 13.1 Å². The summed E-state index contributed by atoms with van der Waals surface area (Å²) in [6, 6.07) is 0. The molecule has 1 rings (SSSR count). The van der Waals surface area contributed by atoms with Crippen LogP contribution in [0.2, 0.25) is 0 Å². The van der Waals surface area contributed by atoms with Crippen LogP contribution in [0.25, 0.3) is 0 Å². The van der Waals surface area contributed by atoms with Gasteiger partial charge in [-0.2, -0.15) is 0 Å². The zero-order valence-electron chi connectivity index (χ0n) is 9.86. The second-order valence-electron chi connectivity index (χ2n) is 4.23. The molecule has 1 aromatic rings. The molecule has 0 radical (unpaired) electrons. The summed E-state index contributed by atoms with van der Waals surface area (Å²) in [5.41, 5.74) is 0.466. The van der Waals surface area contributed by atoms with Crippen molar-refractivity contribution in [2.45, 2.75) is 20.4 Å². The summed E-state index contributed by atoms with van der Waals surface area (Å²) < 4.78 is 4.71. The van der Waals surface area contributed by atoms with E-state index in [0.717, 1.165) is 5.56 Å². The van der Waals surface area contributed by atoms with E-state index >= 15 is 0 Å². The number of hydrogen-bond donors (Lipinski definition) is 1. The summed E-state index contributed by atoms with van der Waals surface area (Å²) in [6.07, 6.45) is 4.97. The van der Waals surface area contributed by atoms with Gasteiger partial charge < -0.3 is 10.1 Å². The average molecular weight is 223 g/mol. The number of rotatable bonds is 5. The van der Waals surface area contributed by atoms with Crippen LogP contribution < -0.4 is 5.32 Å². The highest BCUT2D eigenvalue weighted by Gasteiger charge is 2.27. The van der Waals surface area contributed by atoms with Crippen LogP contribution in [-0.4, -0.2) is 29.6 Å². The average Bonchev–Trinajstić information content (AvgIpc) is 2.29. The molecule has 1 heterocycles. The third-order valence-electron chi connectivity index (χ3n) is 2.25. The van der Waals surface area contributed by atoms with Gasteiger partial charge >= 0.3 is 5.97 Å². The van der Waals surface area contributed by atoms with Crippen LogP contribution in [0.4, 0.5) is 0 Å². The molecule has 0 aliphatic carbocycles. The lowest BCUT2D eigenvalue weighted by Crippen LogP contribution is -2.36. The summed E-state index contributed by atoms with van der Waals surface area (Å²) in [5.74, 6) is -0.218. The van der Waals surface area contributed by atoms with E-state index in [2.05, 4.69) is 15.3 Å². The van der Waals surface area contributed by atoms with E-state index < -0.39 is 5.41 Å². The fourth-order valence-electron chi connectivity index (χ4n) is 1.29. The van der Waals surface area contributed by atoms with Crippen LogP contribution in [0.5, 0.6) is 0 Å². The maximum atomic E-state index is 11.4. The largest absolute Gasteiger partial charge is 0.469 e. The molecule has 0 aliphatic heterocycles. The van der Waals surface area contributed by atoms with Gasteiger partial charge in [0.1, 0.15) is 6.33 Å². The van der Waals surface area contributed by atoms with Crippen molar-refractivity contribution in [3.05, 3.63) is 24.3 Å². The molecule has 0 amide bonds. The number of aromatic nitrogens is 2. The minimum absolute atomic E-state index is 0.218. The first kappa shape index (κ1) is 12.6. The smallest absolute Gasteiger partial charge is 0.312 e. The third kappa shape index (κ3) is 3.58. The van der Waals surface area contributed by atoms with Gasteiger partial charge in [0.2, 0.25) is 0 Å². The Morgan fingerprint density at radius 2 is 2.06 bits per heavy atom. The van der Waals surface area contributed by atoms with E-state index in [1.54, 1.807) is 12.4 Å². The molecule has 1 N–H and O–H groups in total. The lowest BCUT2D eigenvalue weighted by Gasteiger charge is -2.21. The standard InChI is InChI=1S/C11H17N3O2/c1-11(2,10(15)16-3)7-12-4-9-5-13-8-14-6-9/h5-6,8,12H,4,7H2,1-3H3. The van der Waals surface area contributed by atoms with Gasteiger partial charge in [-0.05, 0) is 13.8 Å². The first-order valence-electron chi connectivity index (χ1n) is 5.09. The number of carbonyl (C=O) groups excluding carboxylic acids is 1. The van der Waals surface area contributed by atoms with Gasteiger partial charge in [-0.15, -0.1) is 0 Å². The molecule has 5 heteroatoms. The van der Waals surface area contributed by atoms with Crippen molar-refractivity contribution in [3.8, 4) is 0 Å². The van der Waals surface area contributed by atoms with Crippen molar-refractivity contribution in [2.75, 3.05) is 13.7 Å². The number of nitrogens with one attached hydrogen (secondary N) is 1. The molecule has 1 aromatic heterocycles. The summed E-state index contributed by atoms with van der Waals surface area (Å²) in [7, 11) is 1.40. The van der Waals surface area contributed by atoms with E-state index in [9.17, 15) is 4.79 Å². The Morgan fingerprint density at radius 3 is 2.62 bits per heavy atom. The fourth-order valence-corrected chi connectivity index (χ4v) is 1.29. The SMILES string of the molecule is COC(=O)C(C)(C)CNCc1cncnc1. The van der Waals surface area contributed by atoms with Crippen LogP contribution in [0.15, 0.2) is 18.7 Å². The Hall–Kier alpha value is -1.49. The van der Waals surface area contributed by atoms with Gasteiger partial charge in [0, 0.05) is 31.0 Å². The van der Waals surface area contributed by atoms with Gasteiger partial charge in [-0.25, -0.2) is 9.97 Å². The quantitative estimate of drug-likeness (QED) is 0.747. The highest BCUT2D eigenvalue weighted by molar-refractivity contribution is 5.76. The lowest BCUT2D eigenvalue weighted by molar-refractivity contribution is -0.150. The number of methoxy groups -OCH3 is 1. The molecular weight excluding hydrogens is 206 g/mol. The summed E-state index contributed by atoms with van der Waals surface area (Å²) in [4.78, 5) is 19.2. The maximum absolute atomic E-state index is 11.4. The van der Waals surface area contributed by atoms with Crippen molar-refractivity contribution in [2.24, 2.45) is 5.41 Å². The van der Waals surface area contributed by atoms with Gasteiger partial charge in [0.25, 0.3) is 0 Å². The van der Waals surface area contributed by atoms with Crippen molar-refractivity contribution < 1.29 is 9.53 Å². The minimum Gasteiger partial charge on any atom is -0.469 e. The van der Waals surface area contributed by atoms with E-state index in [4.69, 9.17) is 4.74 Å². The minimum atomic E-state index is -0.523. The first-order valence-corrected chi connectivity index (χ1v) is 5.09. The van der Waals surface area contributed by atoms with Crippen LogP contribution >= 0.6 is 0 Å². The number of carbonyl (C=O) groups is 1. The van der Waals surface area contributed by atoms with Crippen LogP contribution in [0.3, 0.4) is 0 Å². The van der Waals surface area contributed by atoms with Crippen molar-refractivity contribution in [1.29, 1.82) is 0 Å². The van der Waals surface area contributed by atoms with Crippen LogP contribution in [-0.2, 0) is 16.1 Å². The molecule has 88 valence electrons. The molecule has 0 saturated carbocycles. The maximum Gasteiger partial charge on any atom is 0.312 e. The topological polar surface area (TPSA) is 64.1 Å². The predicted octanol–water partition coefficient (Wildman–Crippen LogP) is 0.765. The molecule has 0 unspecified atom stereocenters. The molecule has 16 heavy (non-hydrogen) atoms. The molecule has 0 atom stereocenters. The second-order valence-corrected chi connectivity index (χ2v) is 4.23. The van der Waals surface area contributed by atoms with E-state index in [1.807, 2.05) is 13.8 Å². The van der Waals surface area contributed by atoms with E-state index in [-0.39, 0.29) is 5.97 Å². The highest BCUT2D eigenvalue weighted by atomic mass is 16.5. The molecule has 0 aromatic carbocycles. The Kier molecular flexibility index (Phi) is 4.37. The Labute approximate surface area is 95.3 Å².